The van der Waals surface area contributed by atoms with E-state index in [2.05, 4.69) is 12.2 Å². The van der Waals surface area contributed by atoms with Crippen molar-refractivity contribution in [2.45, 2.75) is 45.4 Å². The van der Waals surface area contributed by atoms with Crippen LogP contribution in [0.25, 0.3) is 0 Å². The molecule has 0 amide bonds. The average molecular weight is 222 g/mol. The van der Waals surface area contributed by atoms with Gasteiger partial charge in [0.1, 0.15) is 0 Å². The molecule has 0 heterocycles. The smallest absolute Gasteiger partial charge is 0.00747 e. The molecule has 0 saturated heterocycles. The summed E-state index contributed by atoms with van der Waals surface area (Å²) in [5.41, 5.74) is 6.91. The summed E-state index contributed by atoms with van der Waals surface area (Å²) < 4.78 is 0. The van der Waals surface area contributed by atoms with Gasteiger partial charge in [0.2, 0.25) is 0 Å². The molecule has 0 aromatic rings. The SMILES string of the molecule is CC12CC3CC(C1)CC(CNCCN)(C3)C2. The predicted octanol–water partition coefficient (Wildman–Crippen LogP) is 2.14. The topological polar surface area (TPSA) is 38.0 Å². The summed E-state index contributed by atoms with van der Waals surface area (Å²) in [5, 5.41) is 3.58. The zero-order valence-corrected chi connectivity index (χ0v) is 10.6. The fourth-order valence-corrected chi connectivity index (χ4v) is 5.59. The summed E-state index contributed by atoms with van der Waals surface area (Å²) in [5.74, 6) is 2.09. The molecule has 16 heavy (non-hydrogen) atoms. The Hall–Kier alpha value is -0.0800. The van der Waals surface area contributed by atoms with Crippen molar-refractivity contribution in [3.05, 3.63) is 0 Å². The second-order valence-electron chi connectivity index (χ2n) is 7.24. The van der Waals surface area contributed by atoms with Gasteiger partial charge in [-0.05, 0) is 61.2 Å². The van der Waals surface area contributed by atoms with Crippen LogP contribution >= 0.6 is 0 Å². The molecule has 4 bridgehead atoms. The summed E-state index contributed by atoms with van der Waals surface area (Å²) >= 11 is 0. The Morgan fingerprint density at radius 1 is 1.19 bits per heavy atom. The van der Waals surface area contributed by atoms with Gasteiger partial charge in [-0.2, -0.15) is 0 Å². The van der Waals surface area contributed by atoms with E-state index in [1.807, 2.05) is 0 Å². The third kappa shape index (κ3) is 1.80. The molecule has 92 valence electrons. The van der Waals surface area contributed by atoms with Crippen LogP contribution in [0.5, 0.6) is 0 Å². The van der Waals surface area contributed by atoms with Crippen molar-refractivity contribution in [3.8, 4) is 0 Å². The average Bonchev–Trinajstić information content (AvgIpc) is 2.13. The van der Waals surface area contributed by atoms with E-state index in [4.69, 9.17) is 5.73 Å². The standard InChI is InChI=1S/C14H26N2/c1-13-5-11-4-12(6-13)8-14(7-11,9-13)10-16-3-2-15/h11-12,16H,2-10,15H2,1H3. The van der Waals surface area contributed by atoms with Crippen molar-refractivity contribution < 1.29 is 0 Å². The number of hydrogen-bond donors (Lipinski definition) is 2. The van der Waals surface area contributed by atoms with E-state index in [-0.39, 0.29) is 0 Å². The van der Waals surface area contributed by atoms with Gasteiger partial charge in [0.25, 0.3) is 0 Å². The lowest BCUT2D eigenvalue weighted by atomic mass is 9.44. The van der Waals surface area contributed by atoms with E-state index < -0.39 is 0 Å². The Morgan fingerprint density at radius 2 is 1.88 bits per heavy atom. The molecular weight excluding hydrogens is 196 g/mol. The first-order valence-corrected chi connectivity index (χ1v) is 7.04. The first-order valence-electron chi connectivity index (χ1n) is 7.04. The zero-order chi connectivity index (χ0) is 11.2. The van der Waals surface area contributed by atoms with Crippen LogP contribution in [0.1, 0.15) is 45.4 Å². The lowest BCUT2D eigenvalue weighted by Crippen LogP contribution is -2.54. The van der Waals surface area contributed by atoms with E-state index in [1.165, 1.54) is 45.1 Å². The lowest BCUT2D eigenvalue weighted by molar-refractivity contribution is -0.0996. The number of nitrogens with two attached hydrogens (primary N) is 1. The van der Waals surface area contributed by atoms with Gasteiger partial charge in [-0.25, -0.2) is 0 Å². The molecule has 0 aliphatic heterocycles. The molecule has 4 saturated carbocycles. The van der Waals surface area contributed by atoms with Crippen molar-refractivity contribution >= 4 is 0 Å². The minimum atomic E-state index is 0.647. The van der Waals surface area contributed by atoms with Crippen molar-refractivity contribution in [2.24, 2.45) is 28.4 Å². The number of hydrogen-bond acceptors (Lipinski definition) is 2. The lowest BCUT2D eigenvalue weighted by Gasteiger charge is -2.61. The zero-order valence-electron chi connectivity index (χ0n) is 10.6. The van der Waals surface area contributed by atoms with Gasteiger partial charge in [0.15, 0.2) is 0 Å². The molecule has 3 N–H and O–H groups in total. The first-order chi connectivity index (χ1) is 7.63. The highest BCUT2D eigenvalue weighted by molar-refractivity contribution is 5.06. The normalized spacial score (nSPS) is 49.9. The van der Waals surface area contributed by atoms with Crippen molar-refractivity contribution in [1.82, 2.24) is 5.32 Å². The Balaban J connectivity index is 1.71. The van der Waals surface area contributed by atoms with Gasteiger partial charge in [0, 0.05) is 19.6 Å². The van der Waals surface area contributed by atoms with Crippen LogP contribution in [0.3, 0.4) is 0 Å². The van der Waals surface area contributed by atoms with E-state index in [0.717, 1.165) is 24.9 Å². The molecule has 4 rings (SSSR count). The maximum absolute atomic E-state index is 5.57. The first kappa shape index (κ1) is 11.0. The highest BCUT2D eigenvalue weighted by Crippen LogP contribution is 2.64. The van der Waals surface area contributed by atoms with Crippen LogP contribution in [0.2, 0.25) is 0 Å². The molecule has 2 unspecified atom stereocenters. The predicted molar refractivity (Wildman–Crippen MR) is 67.1 cm³/mol. The van der Waals surface area contributed by atoms with Crippen LogP contribution in [0.4, 0.5) is 0 Å². The Labute approximate surface area is 99.4 Å². The third-order valence-electron chi connectivity index (χ3n) is 5.30. The second kappa shape index (κ2) is 3.71. The quantitative estimate of drug-likeness (QED) is 0.715. The Bertz CT molecular complexity index is 260. The molecule has 4 aliphatic carbocycles. The minimum Gasteiger partial charge on any atom is -0.329 e. The van der Waals surface area contributed by atoms with Crippen LogP contribution in [-0.4, -0.2) is 19.6 Å². The molecule has 2 nitrogen and oxygen atoms in total. The summed E-state index contributed by atoms with van der Waals surface area (Å²) in [6, 6.07) is 0. The summed E-state index contributed by atoms with van der Waals surface area (Å²) in [7, 11) is 0. The largest absolute Gasteiger partial charge is 0.329 e. The van der Waals surface area contributed by atoms with Gasteiger partial charge in [-0.1, -0.05) is 6.92 Å². The van der Waals surface area contributed by atoms with Gasteiger partial charge >= 0.3 is 0 Å². The summed E-state index contributed by atoms with van der Waals surface area (Å²) in [6.07, 6.45) is 9.04. The van der Waals surface area contributed by atoms with Crippen LogP contribution < -0.4 is 11.1 Å². The maximum atomic E-state index is 5.57. The van der Waals surface area contributed by atoms with Gasteiger partial charge in [-0.15, -0.1) is 0 Å². The van der Waals surface area contributed by atoms with Crippen molar-refractivity contribution in [1.29, 1.82) is 0 Å². The maximum Gasteiger partial charge on any atom is 0.00747 e. The highest BCUT2D eigenvalue weighted by Gasteiger charge is 2.55. The van der Waals surface area contributed by atoms with E-state index in [1.54, 1.807) is 0 Å². The van der Waals surface area contributed by atoms with E-state index in [0.29, 0.717) is 10.8 Å². The molecule has 4 aliphatic rings. The Morgan fingerprint density at radius 3 is 2.44 bits per heavy atom. The summed E-state index contributed by atoms with van der Waals surface area (Å²) in [6.45, 7) is 5.54. The molecule has 0 spiro atoms. The molecule has 4 fully saturated rings. The van der Waals surface area contributed by atoms with Crippen LogP contribution in [-0.2, 0) is 0 Å². The Kier molecular flexibility index (Phi) is 2.56. The van der Waals surface area contributed by atoms with Gasteiger partial charge < -0.3 is 11.1 Å². The molecule has 0 aromatic heterocycles. The van der Waals surface area contributed by atoms with Crippen LogP contribution in [0.15, 0.2) is 0 Å². The van der Waals surface area contributed by atoms with Gasteiger partial charge in [-0.3, -0.25) is 0 Å². The fourth-order valence-electron chi connectivity index (χ4n) is 5.59. The molecule has 0 aromatic carbocycles. The number of rotatable bonds is 4. The van der Waals surface area contributed by atoms with E-state index >= 15 is 0 Å². The summed E-state index contributed by atoms with van der Waals surface area (Å²) in [4.78, 5) is 0. The molecule has 2 atom stereocenters. The number of nitrogens with one attached hydrogen (secondary N) is 1. The van der Waals surface area contributed by atoms with Crippen molar-refractivity contribution in [3.63, 3.8) is 0 Å². The minimum absolute atomic E-state index is 0.647. The monoisotopic (exact) mass is 222 g/mol. The van der Waals surface area contributed by atoms with Gasteiger partial charge in [0.05, 0.1) is 0 Å². The third-order valence-corrected chi connectivity index (χ3v) is 5.30. The van der Waals surface area contributed by atoms with Crippen molar-refractivity contribution in [2.75, 3.05) is 19.6 Å². The van der Waals surface area contributed by atoms with E-state index in [9.17, 15) is 0 Å². The fraction of sp³-hybridized carbons (Fsp3) is 1.00. The molecular formula is C14H26N2. The second-order valence-corrected chi connectivity index (χ2v) is 7.24. The molecule has 0 radical (unpaired) electrons. The van der Waals surface area contributed by atoms with Crippen LogP contribution in [0, 0.1) is 22.7 Å². The highest BCUT2D eigenvalue weighted by atomic mass is 14.9. The molecule has 2 heteroatoms.